The van der Waals surface area contributed by atoms with Gasteiger partial charge in [-0.3, -0.25) is 0 Å². The van der Waals surface area contributed by atoms with Crippen molar-refractivity contribution in [3.8, 4) is 0 Å². The molecule has 2 aromatic rings. The fourth-order valence-corrected chi connectivity index (χ4v) is 2.34. The Labute approximate surface area is 117 Å². The second-order valence-corrected chi connectivity index (χ2v) is 5.55. The van der Waals surface area contributed by atoms with Crippen LogP contribution in [0.3, 0.4) is 0 Å². The molecule has 0 amide bonds. The van der Waals surface area contributed by atoms with Crippen molar-refractivity contribution < 1.29 is 4.42 Å². The Hall–Kier alpha value is -1.06. The lowest BCUT2D eigenvalue weighted by Gasteiger charge is -2.18. The van der Waals surface area contributed by atoms with E-state index in [-0.39, 0.29) is 6.04 Å². The van der Waals surface area contributed by atoms with Gasteiger partial charge >= 0.3 is 0 Å². The number of halogens is 1. The molecular formula is C15H18BrNO. The maximum atomic E-state index is 5.39. The van der Waals surface area contributed by atoms with Crippen LogP contribution in [0.15, 0.2) is 51.6 Å². The van der Waals surface area contributed by atoms with Gasteiger partial charge in [-0.05, 0) is 50.1 Å². The molecule has 0 radical (unpaired) electrons. The van der Waals surface area contributed by atoms with Gasteiger partial charge in [-0.1, -0.05) is 28.1 Å². The predicted octanol–water partition coefficient (Wildman–Crippen LogP) is 4.32. The summed E-state index contributed by atoms with van der Waals surface area (Å²) < 4.78 is 6.51. The standard InChI is InChI=1S/C15H18BrNO/c1-11(10-13-5-7-14(16)8-6-13)17-12(2)15-4-3-9-18-15/h3-9,11-12,17H,10H2,1-2H3/t11?,12-/m0/s1. The fraction of sp³-hybridized carbons (Fsp3) is 0.333. The topological polar surface area (TPSA) is 25.2 Å². The SMILES string of the molecule is CC(Cc1ccc(Br)cc1)N[C@@H](C)c1ccco1. The summed E-state index contributed by atoms with van der Waals surface area (Å²) in [6.45, 7) is 4.32. The van der Waals surface area contributed by atoms with Gasteiger partial charge in [0.15, 0.2) is 0 Å². The van der Waals surface area contributed by atoms with Gasteiger partial charge in [0, 0.05) is 10.5 Å². The van der Waals surface area contributed by atoms with Crippen molar-refractivity contribution in [3.05, 3.63) is 58.5 Å². The largest absolute Gasteiger partial charge is 0.468 e. The first kappa shape index (κ1) is 13.4. The van der Waals surface area contributed by atoms with E-state index in [1.807, 2.05) is 12.1 Å². The first-order valence-electron chi connectivity index (χ1n) is 6.19. The number of furan rings is 1. The van der Waals surface area contributed by atoms with E-state index in [2.05, 4.69) is 59.4 Å². The highest BCUT2D eigenvalue weighted by Gasteiger charge is 2.11. The van der Waals surface area contributed by atoms with Crippen molar-refractivity contribution in [2.75, 3.05) is 0 Å². The minimum Gasteiger partial charge on any atom is -0.468 e. The Morgan fingerprint density at radius 3 is 2.50 bits per heavy atom. The molecule has 18 heavy (non-hydrogen) atoms. The molecule has 0 saturated heterocycles. The van der Waals surface area contributed by atoms with E-state index in [9.17, 15) is 0 Å². The molecule has 1 aromatic heterocycles. The molecule has 2 nitrogen and oxygen atoms in total. The number of rotatable bonds is 5. The molecule has 1 unspecified atom stereocenters. The summed E-state index contributed by atoms with van der Waals surface area (Å²) in [6, 6.07) is 13.0. The lowest BCUT2D eigenvalue weighted by molar-refractivity contribution is 0.397. The number of nitrogens with one attached hydrogen (secondary N) is 1. The van der Waals surface area contributed by atoms with Crippen LogP contribution in [0.4, 0.5) is 0 Å². The van der Waals surface area contributed by atoms with Crippen LogP contribution in [-0.4, -0.2) is 6.04 Å². The van der Waals surface area contributed by atoms with Crippen molar-refractivity contribution in [2.45, 2.75) is 32.4 Å². The van der Waals surface area contributed by atoms with Crippen LogP contribution >= 0.6 is 15.9 Å². The molecule has 0 aliphatic rings. The minimum atomic E-state index is 0.241. The van der Waals surface area contributed by atoms with Crippen LogP contribution in [-0.2, 0) is 6.42 Å². The molecule has 3 heteroatoms. The average molecular weight is 308 g/mol. The molecule has 1 aromatic carbocycles. The van der Waals surface area contributed by atoms with Crippen molar-refractivity contribution in [3.63, 3.8) is 0 Å². The molecule has 0 aliphatic carbocycles. The average Bonchev–Trinajstić information content (AvgIpc) is 2.85. The van der Waals surface area contributed by atoms with Gasteiger partial charge in [-0.15, -0.1) is 0 Å². The van der Waals surface area contributed by atoms with Crippen LogP contribution in [0.2, 0.25) is 0 Å². The van der Waals surface area contributed by atoms with Gasteiger partial charge in [0.1, 0.15) is 5.76 Å². The Kier molecular flexibility index (Phi) is 4.61. The Morgan fingerprint density at radius 1 is 1.17 bits per heavy atom. The number of benzene rings is 1. The first-order valence-corrected chi connectivity index (χ1v) is 6.98. The molecule has 0 spiro atoms. The molecule has 0 saturated carbocycles. The maximum absolute atomic E-state index is 5.39. The van der Waals surface area contributed by atoms with Gasteiger partial charge in [0.2, 0.25) is 0 Å². The van der Waals surface area contributed by atoms with Gasteiger partial charge in [-0.25, -0.2) is 0 Å². The quantitative estimate of drug-likeness (QED) is 0.889. The summed E-state index contributed by atoms with van der Waals surface area (Å²) in [5.41, 5.74) is 1.34. The summed E-state index contributed by atoms with van der Waals surface area (Å²) in [6.07, 6.45) is 2.73. The molecule has 0 bridgehead atoms. The molecule has 1 heterocycles. The smallest absolute Gasteiger partial charge is 0.120 e. The Balaban J connectivity index is 1.88. The number of hydrogen-bond acceptors (Lipinski definition) is 2. The van der Waals surface area contributed by atoms with Crippen LogP contribution in [0.25, 0.3) is 0 Å². The minimum absolute atomic E-state index is 0.241. The lowest BCUT2D eigenvalue weighted by Crippen LogP contribution is -2.30. The summed E-state index contributed by atoms with van der Waals surface area (Å²) in [5, 5.41) is 3.54. The van der Waals surface area contributed by atoms with Crippen molar-refractivity contribution in [2.24, 2.45) is 0 Å². The molecule has 0 aliphatic heterocycles. The van der Waals surface area contributed by atoms with Crippen molar-refractivity contribution in [1.82, 2.24) is 5.32 Å². The van der Waals surface area contributed by atoms with Gasteiger partial charge in [0.25, 0.3) is 0 Å². The van der Waals surface area contributed by atoms with E-state index in [1.165, 1.54) is 5.56 Å². The van der Waals surface area contributed by atoms with E-state index in [1.54, 1.807) is 6.26 Å². The second kappa shape index (κ2) is 6.21. The molecule has 2 rings (SSSR count). The van der Waals surface area contributed by atoms with E-state index in [4.69, 9.17) is 4.42 Å². The third kappa shape index (κ3) is 3.72. The van der Waals surface area contributed by atoms with Crippen molar-refractivity contribution >= 4 is 15.9 Å². The molecule has 1 N–H and O–H groups in total. The third-order valence-corrected chi connectivity index (χ3v) is 3.49. The van der Waals surface area contributed by atoms with Crippen LogP contribution in [0, 0.1) is 0 Å². The van der Waals surface area contributed by atoms with E-state index < -0.39 is 0 Å². The van der Waals surface area contributed by atoms with Gasteiger partial charge in [-0.2, -0.15) is 0 Å². The highest BCUT2D eigenvalue weighted by atomic mass is 79.9. The zero-order valence-electron chi connectivity index (χ0n) is 10.7. The monoisotopic (exact) mass is 307 g/mol. The first-order chi connectivity index (χ1) is 8.65. The summed E-state index contributed by atoms with van der Waals surface area (Å²) in [5.74, 6) is 0.984. The fourth-order valence-electron chi connectivity index (χ4n) is 2.08. The zero-order chi connectivity index (χ0) is 13.0. The molecule has 0 fully saturated rings. The second-order valence-electron chi connectivity index (χ2n) is 4.64. The molecular weight excluding hydrogens is 290 g/mol. The normalized spacial score (nSPS) is 14.4. The van der Waals surface area contributed by atoms with Crippen LogP contribution in [0.5, 0.6) is 0 Å². The van der Waals surface area contributed by atoms with Crippen LogP contribution < -0.4 is 5.32 Å². The van der Waals surface area contributed by atoms with Gasteiger partial charge in [0.05, 0.1) is 12.3 Å². The van der Waals surface area contributed by atoms with E-state index in [0.717, 1.165) is 16.7 Å². The lowest BCUT2D eigenvalue weighted by atomic mass is 10.1. The summed E-state index contributed by atoms with van der Waals surface area (Å²) >= 11 is 3.45. The highest BCUT2D eigenvalue weighted by molar-refractivity contribution is 9.10. The highest BCUT2D eigenvalue weighted by Crippen LogP contribution is 2.15. The van der Waals surface area contributed by atoms with Crippen molar-refractivity contribution in [1.29, 1.82) is 0 Å². The zero-order valence-corrected chi connectivity index (χ0v) is 12.3. The molecule has 96 valence electrons. The number of hydrogen-bond donors (Lipinski definition) is 1. The third-order valence-electron chi connectivity index (χ3n) is 2.96. The summed E-state index contributed by atoms with van der Waals surface area (Å²) in [4.78, 5) is 0. The van der Waals surface area contributed by atoms with E-state index >= 15 is 0 Å². The van der Waals surface area contributed by atoms with Crippen LogP contribution in [0.1, 0.15) is 31.2 Å². The Bertz CT molecular complexity index is 464. The van der Waals surface area contributed by atoms with Gasteiger partial charge < -0.3 is 9.73 Å². The molecule has 2 atom stereocenters. The predicted molar refractivity (Wildman–Crippen MR) is 77.6 cm³/mol. The Morgan fingerprint density at radius 2 is 1.89 bits per heavy atom. The van der Waals surface area contributed by atoms with E-state index in [0.29, 0.717) is 6.04 Å². The maximum Gasteiger partial charge on any atom is 0.120 e. The summed E-state index contributed by atoms with van der Waals surface area (Å²) in [7, 11) is 0.